The summed E-state index contributed by atoms with van der Waals surface area (Å²) >= 11 is 0. The predicted octanol–water partition coefficient (Wildman–Crippen LogP) is 4.90. The molecule has 3 aromatic heterocycles. The lowest BCUT2D eigenvalue weighted by Crippen LogP contribution is -2.11. The van der Waals surface area contributed by atoms with Gasteiger partial charge in [-0.15, -0.1) is 0 Å². The largest absolute Gasteiger partial charge is 0.495 e. The molecule has 0 spiro atoms. The number of carbonyl (C=O) groups excluding carboxylic acids is 1. The highest BCUT2D eigenvalue weighted by molar-refractivity contribution is 6.05. The van der Waals surface area contributed by atoms with Crippen molar-refractivity contribution >= 4 is 33.7 Å². The Hall–Kier alpha value is -4.13. The van der Waals surface area contributed by atoms with E-state index in [9.17, 15) is 4.79 Å². The lowest BCUT2D eigenvalue weighted by Gasteiger charge is -2.10. The van der Waals surface area contributed by atoms with E-state index in [1.54, 1.807) is 36.7 Å². The molecule has 5 aromatic rings. The van der Waals surface area contributed by atoms with Crippen molar-refractivity contribution in [3.8, 4) is 17.2 Å². The minimum absolute atomic E-state index is 0.214. The molecule has 0 saturated heterocycles. The molecule has 5 rings (SSSR count). The molecule has 0 radical (unpaired) electrons. The van der Waals surface area contributed by atoms with Crippen LogP contribution in [0.5, 0.6) is 5.75 Å². The highest BCUT2D eigenvalue weighted by Gasteiger charge is 2.17. The summed E-state index contributed by atoms with van der Waals surface area (Å²) in [6.45, 7) is 0. The van der Waals surface area contributed by atoms with Crippen LogP contribution in [0.1, 0.15) is 10.6 Å². The molecule has 0 atom stereocenters. The van der Waals surface area contributed by atoms with E-state index >= 15 is 0 Å². The van der Waals surface area contributed by atoms with E-state index in [1.807, 2.05) is 30.3 Å². The summed E-state index contributed by atoms with van der Waals surface area (Å²) in [6, 6.07) is 16.2. The van der Waals surface area contributed by atoms with Gasteiger partial charge in [-0.1, -0.05) is 18.2 Å². The number of amides is 1. The van der Waals surface area contributed by atoms with Crippen LogP contribution < -0.4 is 10.1 Å². The van der Waals surface area contributed by atoms with Crippen molar-refractivity contribution in [3.05, 3.63) is 72.8 Å². The number of fused-ring (bicyclic) bond motifs is 2. The third kappa shape index (κ3) is 3.08. The highest BCUT2D eigenvalue weighted by atomic mass is 16.5. The van der Waals surface area contributed by atoms with Gasteiger partial charge in [0.15, 0.2) is 11.3 Å². The molecule has 0 aliphatic rings. The Kier molecular flexibility index (Phi) is 3.98. The normalized spacial score (nSPS) is 11.1. The molecule has 142 valence electrons. The second kappa shape index (κ2) is 6.79. The molecule has 0 saturated carbocycles. The van der Waals surface area contributed by atoms with Gasteiger partial charge in [0.05, 0.1) is 19.0 Å². The maximum Gasteiger partial charge on any atom is 0.291 e. The molecule has 0 unspecified atom stereocenters. The summed E-state index contributed by atoms with van der Waals surface area (Å²) in [6.07, 6.45) is 3.28. The zero-order valence-electron chi connectivity index (χ0n) is 15.4. The van der Waals surface area contributed by atoms with Crippen LogP contribution in [0.25, 0.3) is 33.5 Å². The smallest absolute Gasteiger partial charge is 0.291 e. The number of para-hydroxylation sites is 1. The monoisotopic (exact) mass is 385 g/mol. The number of anilines is 1. The van der Waals surface area contributed by atoms with Gasteiger partial charge in [-0.25, -0.2) is 4.98 Å². The van der Waals surface area contributed by atoms with Gasteiger partial charge in [0.1, 0.15) is 16.8 Å². The van der Waals surface area contributed by atoms with Crippen molar-refractivity contribution in [2.24, 2.45) is 0 Å². The van der Waals surface area contributed by atoms with Crippen molar-refractivity contribution in [2.45, 2.75) is 0 Å². The standard InChI is InChI=1S/C22H15N3O4/c1-27-18-7-6-14(22-25-16-12-23-9-8-19(16)29-22)10-15(18)24-21(26)20-11-13-4-2-3-5-17(13)28-20/h2-12H,1H3,(H,24,26). The summed E-state index contributed by atoms with van der Waals surface area (Å²) in [5.41, 5.74) is 3.13. The van der Waals surface area contributed by atoms with Crippen molar-refractivity contribution < 1.29 is 18.4 Å². The summed E-state index contributed by atoms with van der Waals surface area (Å²) in [5, 5.41) is 3.70. The molecule has 2 aromatic carbocycles. The van der Waals surface area contributed by atoms with Gasteiger partial charge in [-0.2, -0.15) is 0 Å². The van der Waals surface area contributed by atoms with Gasteiger partial charge >= 0.3 is 0 Å². The summed E-state index contributed by atoms with van der Waals surface area (Å²) in [4.78, 5) is 21.2. The average molecular weight is 385 g/mol. The number of oxazole rings is 1. The molecule has 1 amide bonds. The molecule has 0 aliphatic carbocycles. The third-order valence-corrected chi connectivity index (χ3v) is 4.53. The molecular formula is C22H15N3O4. The number of benzene rings is 2. The first-order valence-electron chi connectivity index (χ1n) is 8.90. The fraction of sp³-hybridized carbons (Fsp3) is 0.0455. The highest BCUT2D eigenvalue weighted by Crippen LogP contribution is 2.32. The average Bonchev–Trinajstić information content (AvgIpc) is 3.38. The first kappa shape index (κ1) is 17.0. The summed E-state index contributed by atoms with van der Waals surface area (Å²) in [7, 11) is 1.54. The quantitative estimate of drug-likeness (QED) is 0.473. The van der Waals surface area contributed by atoms with E-state index in [1.165, 1.54) is 7.11 Å². The number of carbonyl (C=O) groups is 1. The Morgan fingerprint density at radius 1 is 1.03 bits per heavy atom. The predicted molar refractivity (Wildman–Crippen MR) is 108 cm³/mol. The summed E-state index contributed by atoms with van der Waals surface area (Å²) < 4.78 is 16.8. The third-order valence-electron chi connectivity index (χ3n) is 4.53. The lowest BCUT2D eigenvalue weighted by molar-refractivity contribution is 0.0998. The number of furan rings is 1. The number of hydrogen-bond acceptors (Lipinski definition) is 6. The van der Waals surface area contributed by atoms with Crippen LogP contribution in [0, 0.1) is 0 Å². The first-order chi connectivity index (χ1) is 14.2. The lowest BCUT2D eigenvalue weighted by atomic mass is 10.1. The topological polar surface area (TPSA) is 90.4 Å². The minimum Gasteiger partial charge on any atom is -0.495 e. The van der Waals surface area contributed by atoms with Crippen molar-refractivity contribution in [3.63, 3.8) is 0 Å². The number of rotatable bonds is 4. The van der Waals surface area contributed by atoms with Gasteiger partial charge in [0, 0.05) is 23.2 Å². The second-order valence-electron chi connectivity index (χ2n) is 6.38. The number of pyridine rings is 1. The molecule has 1 N–H and O–H groups in total. The fourth-order valence-electron chi connectivity index (χ4n) is 3.12. The Morgan fingerprint density at radius 2 is 1.93 bits per heavy atom. The number of nitrogens with zero attached hydrogens (tertiary/aromatic N) is 2. The maximum atomic E-state index is 12.7. The first-order valence-corrected chi connectivity index (χ1v) is 8.90. The number of ether oxygens (including phenoxy) is 1. The maximum absolute atomic E-state index is 12.7. The van der Waals surface area contributed by atoms with E-state index in [4.69, 9.17) is 13.6 Å². The van der Waals surface area contributed by atoms with Crippen molar-refractivity contribution in [1.29, 1.82) is 0 Å². The van der Waals surface area contributed by atoms with E-state index in [0.29, 0.717) is 39.6 Å². The molecule has 0 fully saturated rings. The van der Waals surface area contributed by atoms with Gasteiger partial charge < -0.3 is 18.9 Å². The molecule has 0 bridgehead atoms. The molecule has 0 aliphatic heterocycles. The zero-order valence-corrected chi connectivity index (χ0v) is 15.4. The van der Waals surface area contributed by atoms with Crippen LogP contribution in [0.15, 0.2) is 75.8 Å². The fourth-order valence-corrected chi connectivity index (χ4v) is 3.12. The Bertz CT molecular complexity index is 1290. The van der Waals surface area contributed by atoms with Gasteiger partial charge in [-0.3, -0.25) is 9.78 Å². The molecule has 29 heavy (non-hydrogen) atoms. The van der Waals surface area contributed by atoms with Crippen LogP contribution in [0.3, 0.4) is 0 Å². The van der Waals surface area contributed by atoms with E-state index < -0.39 is 0 Å². The molecule has 7 nitrogen and oxygen atoms in total. The molecule has 3 heterocycles. The van der Waals surface area contributed by atoms with E-state index in [0.717, 1.165) is 5.39 Å². The van der Waals surface area contributed by atoms with Crippen LogP contribution in [-0.4, -0.2) is 23.0 Å². The van der Waals surface area contributed by atoms with E-state index in [-0.39, 0.29) is 11.7 Å². The number of aromatic nitrogens is 2. The SMILES string of the molecule is COc1ccc(-c2nc3cnccc3o2)cc1NC(=O)c1cc2ccccc2o1. The summed E-state index contributed by atoms with van der Waals surface area (Å²) in [5.74, 6) is 0.774. The van der Waals surface area contributed by atoms with Crippen LogP contribution >= 0.6 is 0 Å². The van der Waals surface area contributed by atoms with Gasteiger partial charge in [0.25, 0.3) is 5.91 Å². The second-order valence-corrected chi connectivity index (χ2v) is 6.38. The Labute approximate surface area is 164 Å². The number of hydrogen-bond donors (Lipinski definition) is 1. The number of methoxy groups -OCH3 is 1. The minimum atomic E-state index is -0.376. The van der Waals surface area contributed by atoms with Crippen molar-refractivity contribution in [1.82, 2.24) is 9.97 Å². The molecule has 7 heteroatoms. The van der Waals surface area contributed by atoms with Gasteiger partial charge in [-0.05, 0) is 30.3 Å². The molecular weight excluding hydrogens is 370 g/mol. The van der Waals surface area contributed by atoms with Crippen molar-refractivity contribution in [2.75, 3.05) is 12.4 Å². The van der Waals surface area contributed by atoms with Crippen LogP contribution in [-0.2, 0) is 0 Å². The van der Waals surface area contributed by atoms with Crippen LogP contribution in [0.4, 0.5) is 5.69 Å². The van der Waals surface area contributed by atoms with Crippen LogP contribution in [0.2, 0.25) is 0 Å². The Balaban J connectivity index is 1.49. The Morgan fingerprint density at radius 3 is 2.76 bits per heavy atom. The number of nitrogens with one attached hydrogen (secondary N) is 1. The zero-order chi connectivity index (χ0) is 19.8. The van der Waals surface area contributed by atoms with E-state index in [2.05, 4.69) is 15.3 Å². The van der Waals surface area contributed by atoms with Gasteiger partial charge in [0.2, 0.25) is 5.89 Å².